The van der Waals surface area contributed by atoms with Crippen LogP contribution in [0.2, 0.25) is 0 Å². The van der Waals surface area contributed by atoms with Gasteiger partial charge in [0.15, 0.2) is 6.33 Å². The zero-order valence-corrected chi connectivity index (χ0v) is 10.8. The lowest BCUT2D eigenvalue weighted by atomic mass is 10.2. The molecule has 0 amide bonds. The maximum absolute atomic E-state index is 5.69. The Morgan fingerprint density at radius 1 is 1.17 bits per heavy atom. The molecule has 0 aliphatic heterocycles. The summed E-state index contributed by atoms with van der Waals surface area (Å²) in [5.74, 6) is 0.926. The third-order valence-electron chi connectivity index (χ3n) is 2.84. The van der Waals surface area contributed by atoms with Gasteiger partial charge in [0.1, 0.15) is 5.75 Å². The van der Waals surface area contributed by atoms with Gasteiger partial charge in [-0.1, -0.05) is 26.2 Å². The van der Waals surface area contributed by atoms with Crippen LogP contribution in [-0.2, 0) is 0 Å². The van der Waals surface area contributed by atoms with E-state index in [4.69, 9.17) is 4.74 Å². The van der Waals surface area contributed by atoms with Gasteiger partial charge in [0.2, 0.25) is 0 Å². The maximum atomic E-state index is 5.69. The Labute approximate surface area is 108 Å². The van der Waals surface area contributed by atoms with Crippen molar-refractivity contribution in [3.8, 4) is 11.4 Å². The first-order valence-electron chi connectivity index (χ1n) is 6.54. The standard InChI is InChI=1S/C15H19N2O/c1-2-3-4-5-12-18-15-8-6-14(7-9-15)17-11-10-16-13-17/h6-11H,2-5,12H2,1H3. The molecule has 0 N–H and O–H groups in total. The summed E-state index contributed by atoms with van der Waals surface area (Å²) in [6.07, 6.45) is 11.4. The van der Waals surface area contributed by atoms with E-state index in [1.54, 1.807) is 6.20 Å². The molecule has 0 unspecified atom stereocenters. The number of ether oxygens (including phenoxy) is 1. The maximum Gasteiger partial charge on any atom is 0.181 e. The van der Waals surface area contributed by atoms with Crippen LogP contribution < -0.4 is 4.74 Å². The topological polar surface area (TPSA) is 27.1 Å². The number of benzene rings is 1. The number of hydrogen-bond donors (Lipinski definition) is 0. The highest BCUT2D eigenvalue weighted by molar-refractivity contribution is 5.37. The van der Waals surface area contributed by atoms with E-state index < -0.39 is 0 Å². The summed E-state index contributed by atoms with van der Waals surface area (Å²) in [6.45, 7) is 3.02. The second-order valence-electron chi connectivity index (χ2n) is 4.30. The third kappa shape index (κ3) is 3.62. The summed E-state index contributed by atoms with van der Waals surface area (Å²) in [5, 5.41) is 0. The van der Waals surface area contributed by atoms with E-state index in [1.165, 1.54) is 19.3 Å². The van der Waals surface area contributed by atoms with Gasteiger partial charge in [-0.2, -0.15) is 0 Å². The first-order chi connectivity index (χ1) is 8.90. The largest absolute Gasteiger partial charge is 0.494 e. The molecule has 0 atom stereocenters. The number of hydrogen-bond acceptors (Lipinski definition) is 2. The molecule has 2 rings (SSSR count). The lowest BCUT2D eigenvalue weighted by Crippen LogP contribution is -1.97. The number of imidazole rings is 1. The Balaban J connectivity index is 1.81. The average Bonchev–Trinajstić information content (AvgIpc) is 2.93. The van der Waals surface area contributed by atoms with Gasteiger partial charge in [0.25, 0.3) is 0 Å². The smallest absolute Gasteiger partial charge is 0.181 e. The summed E-state index contributed by atoms with van der Waals surface area (Å²) >= 11 is 0. The molecule has 3 nitrogen and oxygen atoms in total. The number of aromatic nitrogens is 2. The summed E-state index contributed by atoms with van der Waals surface area (Å²) in [6, 6.07) is 8.01. The minimum Gasteiger partial charge on any atom is -0.494 e. The quantitative estimate of drug-likeness (QED) is 0.694. The second kappa shape index (κ2) is 6.84. The van der Waals surface area contributed by atoms with Crippen LogP contribution in [0.25, 0.3) is 5.69 Å². The van der Waals surface area contributed by atoms with Crippen LogP contribution in [0.4, 0.5) is 0 Å². The Morgan fingerprint density at radius 3 is 2.67 bits per heavy atom. The number of unbranched alkanes of at least 4 members (excludes halogenated alkanes) is 3. The molecule has 1 heterocycles. The van der Waals surface area contributed by atoms with Crippen LogP contribution in [0.15, 0.2) is 36.7 Å². The van der Waals surface area contributed by atoms with E-state index in [1.807, 2.05) is 35.0 Å². The van der Waals surface area contributed by atoms with Gasteiger partial charge >= 0.3 is 0 Å². The molecular weight excluding hydrogens is 224 g/mol. The summed E-state index contributed by atoms with van der Waals surface area (Å²) in [7, 11) is 0. The monoisotopic (exact) mass is 243 g/mol. The zero-order valence-electron chi connectivity index (χ0n) is 10.8. The number of nitrogens with zero attached hydrogens (tertiary/aromatic N) is 2. The van der Waals surface area contributed by atoms with Crippen LogP contribution in [-0.4, -0.2) is 16.2 Å². The lowest BCUT2D eigenvalue weighted by Gasteiger charge is -2.07. The fourth-order valence-corrected chi connectivity index (χ4v) is 1.79. The van der Waals surface area contributed by atoms with Crippen molar-refractivity contribution in [1.29, 1.82) is 0 Å². The molecule has 0 saturated heterocycles. The molecule has 18 heavy (non-hydrogen) atoms. The predicted molar refractivity (Wildman–Crippen MR) is 72.0 cm³/mol. The molecular formula is C15H19N2O. The fourth-order valence-electron chi connectivity index (χ4n) is 1.79. The van der Waals surface area contributed by atoms with Crippen molar-refractivity contribution in [3.05, 3.63) is 43.0 Å². The van der Waals surface area contributed by atoms with Gasteiger partial charge in [0, 0.05) is 18.1 Å². The molecule has 0 bridgehead atoms. The highest BCUT2D eigenvalue weighted by atomic mass is 16.5. The Kier molecular flexibility index (Phi) is 4.82. The predicted octanol–water partition coefficient (Wildman–Crippen LogP) is 3.63. The van der Waals surface area contributed by atoms with E-state index in [2.05, 4.69) is 18.2 Å². The minimum atomic E-state index is 0.802. The third-order valence-corrected chi connectivity index (χ3v) is 2.84. The van der Waals surface area contributed by atoms with Crippen molar-refractivity contribution in [1.82, 2.24) is 9.55 Å². The van der Waals surface area contributed by atoms with E-state index in [-0.39, 0.29) is 0 Å². The van der Waals surface area contributed by atoms with Gasteiger partial charge in [0.05, 0.1) is 6.61 Å². The molecule has 0 saturated carbocycles. The van der Waals surface area contributed by atoms with Crippen LogP contribution in [0.1, 0.15) is 32.6 Å². The first kappa shape index (κ1) is 12.7. The van der Waals surface area contributed by atoms with Crippen molar-refractivity contribution in [3.63, 3.8) is 0 Å². The molecule has 0 aliphatic rings. The SMILES string of the molecule is CCCCCCOc1ccc(-n2[c]ncc2)cc1. The minimum absolute atomic E-state index is 0.802. The van der Waals surface area contributed by atoms with Crippen molar-refractivity contribution < 1.29 is 4.74 Å². The van der Waals surface area contributed by atoms with Crippen LogP contribution in [0.5, 0.6) is 5.75 Å². The molecule has 0 spiro atoms. The lowest BCUT2D eigenvalue weighted by molar-refractivity contribution is 0.305. The van der Waals surface area contributed by atoms with E-state index in [0.717, 1.165) is 24.5 Å². The highest BCUT2D eigenvalue weighted by Gasteiger charge is 1.97. The van der Waals surface area contributed by atoms with Crippen molar-refractivity contribution >= 4 is 0 Å². The molecule has 2 aromatic rings. The van der Waals surface area contributed by atoms with Gasteiger partial charge in [-0.15, -0.1) is 0 Å². The summed E-state index contributed by atoms with van der Waals surface area (Å²) in [5.41, 5.74) is 1.05. The van der Waals surface area contributed by atoms with E-state index >= 15 is 0 Å². The van der Waals surface area contributed by atoms with Gasteiger partial charge in [-0.05, 0) is 30.7 Å². The molecule has 1 aromatic carbocycles. The van der Waals surface area contributed by atoms with Gasteiger partial charge in [-0.25, -0.2) is 4.98 Å². The van der Waals surface area contributed by atoms with E-state index in [9.17, 15) is 0 Å². The van der Waals surface area contributed by atoms with Gasteiger partial charge in [-0.3, -0.25) is 4.57 Å². The second-order valence-corrected chi connectivity index (χ2v) is 4.30. The first-order valence-corrected chi connectivity index (χ1v) is 6.54. The summed E-state index contributed by atoms with van der Waals surface area (Å²) in [4.78, 5) is 3.91. The molecule has 3 heteroatoms. The molecule has 1 radical (unpaired) electrons. The Hall–Kier alpha value is -1.77. The van der Waals surface area contributed by atoms with E-state index in [0.29, 0.717) is 0 Å². The van der Waals surface area contributed by atoms with Crippen molar-refractivity contribution in [2.24, 2.45) is 0 Å². The average molecular weight is 243 g/mol. The zero-order chi connectivity index (χ0) is 12.6. The molecule has 0 aliphatic carbocycles. The molecule has 95 valence electrons. The Bertz CT molecular complexity index is 434. The molecule has 0 fully saturated rings. The van der Waals surface area contributed by atoms with Crippen LogP contribution >= 0.6 is 0 Å². The van der Waals surface area contributed by atoms with Crippen molar-refractivity contribution in [2.45, 2.75) is 32.6 Å². The summed E-state index contributed by atoms with van der Waals surface area (Å²) < 4.78 is 7.54. The van der Waals surface area contributed by atoms with Crippen LogP contribution in [0.3, 0.4) is 0 Å². The fraction of sp³-hybridized carbons (Fsp3) is 0.400. The normalized spacial score (nSPS) is 10.5. The van der Waals surface area contributed by atoms with Crippen LogP contribution in [0, 0.1) is 6.33 Å². The Morgan fingerprint density at radius 2 is 2.00 bits per heavy atom. The van der Waals surface area contributed by atoms with Gasteiger partial charge < -0.3 is 4.74 Å². The molecule has 1 aromatic heterocycles. The number of rotatable bonds is 7. The van der Waals surface area contributed by atoms with Crippen molar-refractivity contribution in [2.75, 3.05) is 6.61 Å². The highest BCUT2D eigenvalue weighted by Crippen LogP contribution is 2.15.